The minimum absolute atomic E-state index is 0.0310. The Balaban J connectivity index is 2.40. The van der Waals surface area contributed by atoms with Crippen LogP contribution in [0.15, 0.2) is 22.9 Å². The van der Waals surface area contributed by atoms with Crippen LogP contribution in [0.25, 0.3) is 0 Å². The first-order chi connectivity index (χ1) is 7.08. The second-order valence-electron chi connectivity index (χ2n) is 3.86. The lowest BCUT2D eigenvalue weighted by atomic mass is 10.1. The maximum absolute atomic E-state index is 5.94. The van der Waals surface area contributed by atoms with Crippen LogP contribution in [-0.2, 0) is 11.2 Å². The second-order valence-corrected chi connectivity index (χ2v) is 4.77. The number of aromatic nitrogens is 1. The maximum atomic E-state index is 5.94. The molecule has 0 aromatic carbocycles. The number of halogens is 1. The summed E-state index contributed by atoms with van der Waals surface area (Å²) < 4.78 is 6.43. The smallest absolute Gasteiger partial charge is 0.0624 e. The van der Waals surface area contributed by atoms with Gasteiger partial charge in [-0.1, -0.05) is 0 Å². The number of hydrogen-bond acceptors (Lipinski definition) is 3. The first-order valence-corrected chi connectivity index (χ1v) is 5.84. The molecule has 0 radical (unpaired) electrons. The Hall–Kier alpha value is -0.450. The SMILES string of the molecule is CC(C)OCC(N)Cc1cncc(Br)c1. The fourth-order valence-electron chi connectivity index (χ4n) is 1.25. The van der Waals surface area contributed by atoms with Gasteiger partial charge in [0.2, 0.25) is 0 Å². The molecule has 1 heterocycles. The monoisotopic (exact) mass is 272 g/mol. The van der Waals surface area contributed by atoms with Gasteiger partial charge in [-0.25, -0.2) is 0 Å². The van der Waals surface area contributed by atoms with Crippen molar-refractivity contribution in [2.45, 2.75) is 32.4 Å². The van der Waals surface area contributed by atoms with Crippen LogP contribution in [0.2, 0.25) is 0 Å². The topological polar surface area (TPSA) is 48.1 Å². The number of rotatable bonds is 5. The highest BCUT2D eigenvalue weighted by molar-refractivity contribution is 9.10. The molecular weight excluding hydrogens is 256 g/mol. The predicted octanol–water partition coefficient (Wildman–Crippen LogP) is 2.14. The van der Waals surface area contributed by atoms with Crippen LogP contribution in [-0.4, -0.2) is 23.7 Å². The quantitative estimate of drug-likeness (QED) is 0.894. The van der Waals surface area contributed by atoms with Crippen LogP contribution in [0.1, 0.15) is 19.4 Å². The van der Waals surface area contributed by atoms with Gasteiger partial charge >= 0.3 is 0 Å². The van der Waals surface area contributed by atoms with E-state index in [-0.39, 0.29) is 12.1 Å². The molecule has 0 aliphatic rings. The van der Waals surface area contributed by atoms with Crippen LogP contribution in [0.4, 0.5) is 0 Å². The molecular formula is C11H17BrN2O. The first-order valence-electron chi connectivity index (χ1n) is 5.04. The lowest BCUT2D eigenvalue weighted by molar-refractivity contribution is 0.0684. The molecule has 1 rings (SSSR count). The first kappa shape index (κ1) is 12.6. The molecule has 0 saturated carbocycles. The molecule has 2 N–H and O–H groups in total. The van der Waals surface area contributed by atoms with Crippen LogP contribution in [0, 0.1) is 0 Å². The highest BCUT2D eigenvalue weighted by Crippen LogP contribution is 2.10. The van der Waals surface area contributed by atoms with E-state index in [2.05, 4.69) is 20.9 Å². The van der Waals surface area contributed by atoms with Crippen LogP contribution in [0.5, 0.6) is 0 Å². The van der Waals surface area contributed by atoms with Gasteiger partial charge < -0.3 is 10.5 Å². The van der Waals surface area contributed by atoms with Gasteiger partial charge in [0.05, 0.1) is 12.7 Å². The molecule has 84 valence electrons. The summed E-state index contributed by atoms with van der Waals surface area (Å²) >= 11 is 3.38. The van der Waals surface area contributed by atoms with Crippen molar-refractivity contribution >= 4 is 15.9 Å². The number of hydrogen-bond donors (Lipinski definition) is 1. The molecule has 0 amide bonds. The van der Waals surface area contributed by atoms with Crippen molar-refractivity contribution in [1.29, 1.82) is 0 Å². The largest absolute Gasteiger partial charge is 0.377 e. The van der Waals surface area contributed by atoms with Gasteiger partial charge in [-0.3, -0.25) is 4.98 Å². The van der Waals surface area contributed by atoms with Crippen LogP contribution >= 0.6 is 15.9 Å². The molecule has 0 bridgehead atoms. The van der Waals surface area contributed by atoms with E-state index in [9.17, 15) is 0 Å². The Morgan fingerprint density at radius 1 is 1.47 bits per heavy atom. The summed E-state index contributed by atoms with van der Waals surface area (Å²) in [6, 6.07) is 2.06. The highest BCUT2D eigenvalue weighted by atomic mass is 79.9. The number of ether oxygens (including phenoxy) is 1. The zero-order chi connectivity index (χ0) is 11.3. The molecule has 1 aromatic rings. The molecule has 3 nitrogen and oxygen atoms in total. The molecule has 15 heavy (non-hydrogen) atoms. The van der Waals surface area contributed by atoms with Crippen molar-refractivity contribution in [3.05, 3.63) is 28.5 Å². The maximum Gasteiger partial charge on any atom is 0.0624 e. The molecule has 0 saturated heterocycles. The molecule has 0 fully saturated rings. The minimum Gasteiger partial charge on any atom is -0.377 e. The van der Waals surface area contributed by atoms with E-state index in [0.717, 1.165) is 16.5 Å². The van der Waals surface area contributed by atoms with Gasteiger partial charge in [-0.05, 0) is 47.8 Å². The molecule has 0 aliphatic carbocycles. The Kier molecular flexibility index (Phi) is 5.22. The van der Waals surface area contributed by atoms with Gasteiger partial charge in [0.15, 0.2) is 0 Å². The molecule has 4 heteroatoms. The van der Waals surface area contributed by atoms with Crippen molar-refractivity contribution in [3.8, 4) is 0 Å². The summed E-state index contributed by atoms with van der Waals surface area (Å²) in [5.41, 5.74) is 7.06. The molecule has 1 atom stereocenters. The van der Waals surface area contributed by atoms with Crippen LogP contribution in [0.3, 0.4) is 0 Å². The predicted molar refractivity (Wildman–Crippen MR) is 64.7 cm³/mol. The van der Waals surface area contributed by atoms with Crippen molar-refractivity contribution in [2.75, 3.05) is 6.61 Å². The molecule has 0 spiro atoms. The summed E-state index contributed by atoms with van der Waals surface area (Å²) in [6.45, 7) is 4.60. The zero-order valence-corrected chi connectivity index (χ0v) is 10.7. The third-order valence-electron chi connectivity index (χ3n) is 1.90. The van der Waals surface area contributed by atoms with Gasteiger partial charge in [-0.2, -0.15) is 0 Å². The van der Waals surface area contributed by atoms with Crippen molar-refractivity contribution in [1.82, 2.24) is 4.98 Å². The summed E-state index contributed by atoms with van der Waals surface area (Å²) in [4.78, 5) is 4.09. The Morgan fingerprint density at radius 3 is 2.80 bits per heavy atom. The van der Waals surface area contributed by atoms with E-state index < -0.39 is 0 Å². The fourth-order valence-corrected chi connectivity index (χ4v) is 1.66. The van der Waals surface area contributed by atoms with Gasteiger partial charge in [0.1, 0.15) is 0 Å². The summed E-state index contributed by atoms with van der Waals surface area (Å²) in [5.74, 6) is 0. The van der Waals surface area contributed by atoms with E-state index in [1.54, 1.807) is 6.20 Å². The summed E-state index contributed by atoms with van der Waals surface area (Å²) in [7, 11) is 0. The van der Waals surface area contributed by atoms with E-state index >= 15 is 0 Å². The lowest BCUT2D eigenvalue weighted by Crippen LogP contribution is -2.30. The van der Waals surface area contributed by atoms with Gasteiger partial charge in [-0.15, -0.1) is 0 Å². The Bertz CT molecular complexity index is 304. The van der Waals surface area contributed by atoms with Crippen LogP contribution < -0.4 is 5.73 Å². The third kappa shape index (κ3) is 5.25. The fraction of sp³-hybridized carbons (Fsp3) is 0.545. The van der Waals surface area contributed by atoms with E-state index in [1.807, 2.05) is 26.1 Å². The normalized spacial score (nSPS) is 13.1. The third-order valence-corrected chi connectivity index (χ3v) is 2.34. The van der Waals surface area contributed by atoms with E-state index in [4.69, 9.17) is 10.5 Å². The summed E-state index contributed by atoms with van der Waals surface area (Å²) in [6.07, 6.45) is 4.62. The van der Waals surface area contributed by atoms with Gasteiger partial charge in [0.25, 0.3) is 0 Å². The van der Waals surface area contributed by atoms with E-state index in [0.29, 0.717) is 6.61 Å². The number of pyridine rings is 1. The molecule has 1 unspecified atom stereocenters. The number of nitrogens with zero attached hydrogens (tertiary/aromatic N) is 1. The van der Waals surface area contributed by atoms with E-state index in [1.165, 1.54) is 0 Å². The molecule has 1 aromatic heterocycles. The second kappa shape index (κ2) is 6.20. The zero-order valence-electron chi connectivity index (χ0n) is 9.11. The average Bonchev–Trinajstić information content (AvgIpc) is 2.15. The number of nitrogens with two attached hydrogens (primary N) is 1. The van der Waals surface area contributed by atoms with Crippen molar-refractivity contribution in [3.63, 3.8) is 0 Å². The highest BCUT2D eigenvalue weighted by Gasteiger charge is 2.06. The van der Waals surface area contributed by atoms with Gasteiger partial charge in [0, 0.05) is 22.9 Å². The Labute approximate surface area is 99.2 Å². The standard InChI is InChI=1S/C11H17BrN2O/c1-8(2)15-7-11(13)4-9-3-10(12)6-14-5-9/h3,5-6,8,11H,4,7,13H2,1-2H3. The Morgan fingerprint density at radius 2 is 2.20 bits per heavy atom. The average molecular weight is 273 g/mol. The summed E-state index contributed by atoms with van der Waals surface area (Å²) in [5, 5.41) is 0. The minimum atomic E-state index is 0.0310. The molecule has 0 aliphatic heterocycles. The lowest BCUT2D eigenvalue weighted by Gasteiger charge is -2.14. The van der Waals surface area contributed by atoms with Crippen molar-refractivity contribution in [2.24, 2.45) is 5.73 Å². The van der Waals surface area contributed by atoms with Crippen molar-refractivity contribution < 1.29 is 4.74 Å².